The zero-order chi connectivity index (χ0) is 19.4. The van der Waals surface area contributed by atoms with Gasteiger partial charge >= 0.3 is 0 Å². The largest absolute Gasteiger partial charge is 0.497 e. The first kappa shape index (κ1) is 17.8. The smallest absolute Gasteiger partial charge is 0.253 e. The van der Waals surface area contributed by atoms with Gasteiger partial charge in [0.1, 0.15) is 11.8 Å². The molecular formula is C21H20BrN3O3. The third-order valence-corrected chi connectivity index (χ3v) is 6.48. The molecule has 28 heavy (non-hydrogen) atoms. The van der Waals surface area contributed by atoms with E-state index < -0.39 is 12.0 Å². The summed E-state index contributed by atoms with van der Waals surface area (Å²) in [6.45, 7) is 1.67. The van der Waals surface area contributed by atoms with Crippen LogP contribution >= 0.6 is 15.9 Å². The van der Waals surface area contributed by atoms with Gasteiger partial charge in [0.15, 0.2) is 0 Å². The lowest BCUT2D eigenvalue weighted by molar-refractivity contribution is -0.126. The summed E-state index contributed by atoms with van der Waals surface area (Å²) in [5.74, 6) is 0.138. The van der Waals surface area contributed by atoms with Gasteiger partial charge in [0.25, 0.3) is 5.91 Å². The van der Waals surface area contributed by atoms with E-state index in [2.05, 4.69) is 25.9 Å². The fourth-order valence-corrected chi connectivity index (χ4v) is 5.02. The number of ether oxygens (including phenoxy) is 1. The second-order valence-corrected chi connectivity index (χ2v) is 8.27. The van der Waals surface area contributed by atoms with Gasteiger partial charge in [-0.05, 0) is 48.4 Å². The molecule has 144 valence electrons. The van der Waals surface area contributed by atoms with Crippen molar-refractivity contribution in [1.82, 2.24) is 10.0 Å². The zero-order valence-corrected chi connectivity index (χ0v) is 17.0. The number of carbonyl (C=O) groups is 2. The number of amides is 2. The highest BCUT2D eigenvalue weighted by molar-refractivity contribution is 9.10. The Balaban J connectivity index is 1.55. The maximum Gasteiger partial charge on any atom is 0.253 e. The minimum absolute atomic E-state index is 0.118. The van der Waals surface area contributed by atoms with Gasteiger partial charge in [-0.15, -0.1) is 0 Å². The number of hydrazine groups is 1. The molecule has 3 aliphatic rings. The van der Waals surface area contributed by atoms with Crippen molar-refractivity contribution in [3.63, 3.8) is 0 Å². The molecule has 0 radical (unpaired) electrons. The van der Waals surface area contributed by atoms with Crippen molar-refractivity contribution in [1.29, 1.82) is 0 Å². The van der Waals surface area contributed by atoms with Crippen molar-refractivity contribution in [3.8, 4) is 5.75 Å². The van der Waals surface area contributed by atoms with Gasteiger partial charge in [-0.25, -0.2) is 14.9 Å². The van der Waals surface area contributed by atoms with Crippen LogP contribution in [0.25, 0.3) is 0 Å². The van der Waals surface area contributed by atoms with Crippen LogP contribution in [0.4, 0.5) is 5.69 Å². The van der Waals surface area contributed by atoms with Crippen molar-refractivity contribution in [2.45, 2.75) is 18.5 Å². The summed E-state index contributed by atoms with van der Waals surface area (Å²) < 4.78 is 6.18. The van der Waals surface area contributed by atoms with E-state index in [0.717, 1.165) is 35.3 Å². The summed E-state index contributed by atoms with van der Waals surface area (Å²) in [5.41, 5.74) is 1.67. The Labute approximate surface area is 171 Å². The van der Waals surface area contributed by atoms with Gasteiger partial charge in [-0.2, -0.15) is 0 Å². The van der Waals surface area contributed by atoms with Crippen LogP contribution in [-0.2, 0) is 9.59 Å². The number of rotatable bonds is 3. The van der Waals surface area contributed by atoms with Gasteiger partial charge in [0, 0.05) is 17.6 Å². The van der Waals surface area contributed by atoms with Crippen molar-refractivity contribution in [3.05, 3.63) is 58.6 Å². The van der Waals surface area contributed by atoms with Crippen LogP contribution in [0.2, 0.25) is 0 Å². The van der Waals surface area contributed by atoms with E-state index in [-0.39, 0.29) is 17.9 Å². The number of methoxy groups -OCH3 is 1. The Bertz CT molecular complexity index is 931. The lowest BCUT2D eigenvalue weighted by atomic mass is 9.90. The molecule has 2 amide bonds. The molecule has 3 atom stereocenters. The highest BCUT2D eigenvalue weighted by atomic mass is 79.9. The van der Waals surface area contributed by atoms with Crippen molar-refractivity contribution in [2.24, 2.45) is 5.92 Å². The van der Waals surface area contributed by atoms with E-state index in [1.54, 1.807) is 7.11 Å². The molecule has 0 N–H and O–H groups in total. The Hall–Kier alpha value is -2.22. The first-order chi connectivity index (χ1) is 13.6. The maximum absolute atomic E-state index is 13.4. The maximum atomic E-state index is 13.4. The molecule has 3 heterocycles. The highest BCUT2D eigenvalue weighted by Gasteiger charge is 2.62. The van der Waals surface area contributed by atoms with E-state index >= 15 is 0 Å². The van der Waals surface area contributed by atoms with E-state index in [0.29, 0.717) is 5.69 Å². The molecule has 0 aliphatic carbocycles. The van der Waals surface area contributed by atoms with E-state index in [4.69, 9.17) is 4.74 Å². The highest BCUT2D eigenvalue weighted by Crippen LogP contribution is 2.49. The fourth-order valence-electron chi connectivity index (χ4n) is 4.76. The second kappa shape index (κ2) is 6.69. The van der Waals surface area contributed by atoms with Gasteiger partial charge in [0.2, 0.25) is 5.91 Å². The molecule has 6 nitrogen and oxygen atoms in total. The third-order valence-electron chi connectivity index (χ3n) is 5.95. The summed E-state index contributed by atoms with van der Waals surface area (Å²) >= 11 is 3.41. The standard InChI is InChI=1S/C21H20BrN3O3/c1-28-16-9-3-13(4-10-16)18-17-19(24-12-2-11-23(18)24)21(27)25(20(17)26)15-7-5-14(22)6-8-15/h3-10,17-19H,2,11-12H2,1H3. The number of carbonyl (C=O) groups excluding carboxylic acids is 2. The van der Waals surface area contributed by atoms with Crippen molar-refractivity contribution >= 4 is 33.4 Å². The normalized spacial score (nSPS) is 27.4. The molecular weight excluding hydrogens is 422 g/mol. The molecule has 0 aromatic heterocycles. The molecule has 3 fully saturated rings. The SMILES string of the molecule is COc1ccc(C2C3C(=O)N(c4ccc(Br)cc4)C(=O)C3N3CCCN23)cc1. The van der Waals surface area contributed by atoms with Gasteiger partial charge < -0.3 is 4.74 Å². The molecule has 2 aromatic carbocycles. The Morgan fingerprint density at radius 3 is 2.18 bits per heavy atom. The third kappa shape index (κ3) is 2.53. The minimum Gasteiger partial charge on any atom is -0.497 e. The molecule has 3 saturated heterocycles. The molecule has 3 aliphatic heterocycles. The van der Waals surface area contributed by atoms with Crippen LogP contribution in [0.15, 0.2) is 53.0 Å². The topological polar surface area (TPSA) is 53.1 Å². The Morgan fingerprint density at radius 2 is 1.54 bits per heavy atom. The van der Waals surface area contributed by atoms with Crippen LogP contribution in [0, 0.1) is 5.92 Å². The predicted molar refractivity (Wildman–Crippen MR) is 108 cm³/mol. The number of nitrogens with zero attached hydrogens (tertiary/aromatic N) is 3. The average Bonchev–Trinajstić information content (AvgIpc) is 3.35. The van der Waals surface area contributed by atoms with Gasteiger partial charge in [-0.1, -0.05) is 28.1 Å². The number of hydrogen-bond acceptors (Lipinski definition) is 5. The lowest BCUT2D eigenvalue weighted by Gasteiger charge is -2.29. The summed E-state index contributed by atoms with van der Waals surface area (Å²) in [7, 11) is 1.64. The number of hydrogen-bond donors (Lipinski definition) is 0. The minimum atomic E-state index is -0.425. The molecule has 5 rings (SSSR count). The van der Waals surface area contributed by atoms with E-state index in [9.17, 15) is 9.59 Å². The number of halogens is 1. The van der Waals surface area contributed by atoms with Gasteiger partial charge in [0.05, 0.1) is 24.8 Å². The molecule has 2 aromatic rings. The van der Waals surface area contributed by atoms with Crippen LogP contribution in [0.3, 0.4) is 0 Å². The molecule has 0 saturated carbocycles. The first-order valence-electron chi connectivity index (χ1n) is 9.40. The van der Waals surface area contributed by atoms with E-state index in [1.165, 1.54) is 4.90 Å². The van der Waals surface area contributed by atoms with E-state index in [1.807, 2.05) is 48.5 Å². The second-order valence-electron chi connectivity index (χ2n) is 7.36. The quantitative estimate of drug-likeness (QED) is 0.685. The summed E-state index contributed by atoms with van der Waals surface area (Å²) in [6, 6.07) is 14.6. The summed E-state index contributed by atoms with van der Waals surface area (Å²) in [6.07, 6.45) is 0.996. The predicted octanol–water partition coefficient (Wildman–Crippen LogP) is 2.99. The zero-order valence-electron chi connectivity index (χ0n) is 15.4. The van der Waals surface area contributed by atoms with Gasteiger partial charge in [-0.3, -0.25) is 9.59 Å². The number of fused-ring (bicyclic) bond motifs is 3. The first-order valence-corrected chi connectivity index (χ1v) is 10.2. The molecule has 0 bridgehead atoms. The van der Waals surface area contributed by atoms with Crippen LogP contribution in [-0.4, -0.2) is 48.1 Å². The van der Waals surface area contributed by atoms with Crippen LogP contribution in [0.1, 0.15) is 18.0 Å². The molecule has 0 spiro atoms. The number of benzene rings is 2. The summed E-state index contributed by atoms with van der Waals surface area (Å²) in [5, 5.41) is 4.32. The Morgan fingerprint density at radius 1 is 0.893 bits per heavy atom. The van der Waals surface area contributed by atoms with Crippen molar-refractivity contribution < 1.29 is 14.3 Å². The lowest BCUT2D eigenvalue weighted by Crippen LogP contribution is -2.44. The van der Waals surface area contributed by atoms with Crippen molar-refractivity contribution in [2.75, 3.05) is 25.1 Å². The fraction of sp³-hybridized carbons (Fsp3) is 0.333. The molecule has 3 unspecified atom stereocenters. The average molecular weight is 442 g/mol. The molecule has 7 heteroatoms. The van der Waals surface area contributed by atoms with Crippen LogP contribution < -0.4 is 9.64 Å². The summed E-state index contributed by atoms with van der Waals surface area (Å²) in [4.78, 5) is 28.1. The monoisotopic (exact) mass is 441 g/mol. The Kier molecular flexibility index (Phi) is 4.26. The van der Waals surface area contributed by atoms with Crippen LogP contribution in [0.5, 0.6) is 5.75 Å². The number of imide groups is 1. The number of anilines is 1.